The second-order valence-electron chi connectivity index (χ2n) is 5.88. The minimum atomic E-state index is -3.94. The van der Waals surface area contributed by atoms with Gasteiger partial charge < -0.3 is 15.2 Å². The van der Waals surface area contributed by atoms with Crippen LogP contribution in [0, 0.1) is 5.92 Å². The van der Waals surface area contributed by atoms with Crippen LogP contribution in [0.15, 0.2) is 23.1 Å². The number of carbonyl (C=O) groups is 2. The zero-order valence-electron chi connectivity index (χ0n) is 14.6. The van der Waals surface area contributed by atoms with Gasteiger partial charge in [-0.2, -0.15) is 0 Å². The van der Waals surface area contributed by atoms with E-state index in [1.807, 2.05) is 0 Å². The SMILES string of the molecule is COC(=O)c1cc(C(=O)OC)cc(S(=O)(=O)NC2CCCC2CN)c1.Cl. The Morgan fingerprint density at radius 3 is 2.12 bits per heavy atom. The van der Waals surface area contributed by atoms with Crippen molar-refractivity contribution in [2.45, 2.75) is 30.2 Å². The minimum Gasteiger partial charge on any atom is -0.465 e. The first-order chi connectivity index (χ1) is 11.8. The van der Waals surface area contributed by atoms with E-state index >= 15 is 0 Å². The van der Waals surface area contributed by atoms with Crippen LogP contribution in [0.4, 0.5) is 0 Å². The van der Waals surface area contributed by atoms with Gasteiger partial charge >= 0.3 is 11.9 Å². The number of hydrogen-bond donors (Lipinski definition) is 2. The number of carbonyl (C=O) groups excluding carboxylic acids is 2. The molecule has 2 rings (SSSR count). The number of halogens is 1. The largest absolute Gasteiger partial charge is 0.465 e. The normalized spacial score (nSPS) is 19.5. The van der Waals surface area contributed by atoms with Gasteiger partial charge in [0.15, 0.2) is 0 Å². The highest BCUT2D eigenvalue weighted by Gasteiger charge is 2.31. The van der Waals surface area contributed by atoms with Crippen LogP contribution < -0.4 is 10.5 Å². The summed E-state index contributed by atoms with van der Waals surface area (Å²) in [6, 6.07) is 3.31. The van der Waals surface area contributed by atoms with Gasteiger partial charge in [0.2, 0.25) is 10.0 Å². The first-order valence-electron chi connectivity index (χ1n) is 7.86. The lowest BCUT2D eigenvalue weighted by molar-refractivity contribution is 0.0598. The van der Waals surface area contributed by atoms with Gasteiger partial charge in [0.05, 0.1) is 30.2 Å². The van der Waals surface area contributed by atoms with Crippen LogP contribution in [-0.2, 0) is 19.5 Å². The zero-order chi connectivity index (χ0) is 18.6. The zero-order valence-corrected chi connectivity index (χ0v) is 16.2. The van der Waals surface area contributed by atoms with Gasteiger partial charge in [0.1, 0.15) is 0 Å². The van der Waals surface area contributed by atoms with Crippen molar-refractivity contribution in [2.24, 2.45) is 11.7 Å². The molecule has 3 N–H and O–H groups in total. The number of nitrogens with one attached hydrogen (secondary N) is 1. The van der Waals surface area contributed by atoms with E-state index in [2.05, 4.69) is 14.2 Å². The molecule has 2 unspecified atom stereocenters. The van der Waals surface area contributed by atoms with Gasteiger partial charge in [0, 0.05) is 6.04 Å². The smallest absolute Gasteiger partial charge is 0.337 e. The van der Waals surface area contributed by atoms with E-state index in [-0.39, 0.29) is 40.4 Å². The highest BCUT2D eigenvalue weighted by atomic mass is 35.5. The molecule has 8 nitrogen and oxygen atoms in total. The second kappa shape index (κ2) is 9.31. The average Bonchev–Trinajstić information content (AvgIpc) is 3.06. The first kappa shape index (κ1) is 22.4. The Bertz CT molecular complexity index is 734. The maximum atomic E-state index is 12.7. The molecule has 0 spiro atoms. The van der Waals surface area contributed by atoms with E-state index in [1.165, 1.54) is 32.4 Å². The molecule has 1 aliphatic carbocycles. The standard InChI is InChI=1S/C16H22N2O6S.ClH/c1-23-15(19)11-6-12(16(20)24-2)8-13(7-11)25(21,22)18-14-5-3-4-10(14)9-17;/h6-8,10,14,18H,3-5,9,17H2,1-2H3;1H. The molecule has 0 radical (unpaired) electrons. The van der Waals surface area contributed by atoms with Crippen molar-refractivity contribution in [3.8, 4) is 0 Å². The second-order valence-corrected chi connectivity index (χ2v) is 7.60. The molecule has 10 heteroatoms. The molecule has 146 valence electrons. The third-order valence-corrected chi connectivity index (χ3v) is 5.80. The summed E-state index contributed by atoms with van der Waals surface area (Å²) < 4.78 is 37.3. The molecule has 1 saturated carbocycles. The van der Waals surface area contributed by atoms with Crippen LogP contribution in [0.1, 0.15) is 40.0 Å². The summed E-state index contributed by atoms with van der Waals surface area (Å²) in [5, 5.41) is 0. The van der Waals surface area contributed by atoms with E-state index in [0.29, 0.717) is 13.0 Å². The Labute approximate surface area is 158 Å². The number of hydrogen-bond acceptors (Lipinski definition) is 7. The summed E-state index contributed by atoms with van der Waals surface area (Å²) >= 11 is 0. The molecule has 1 fully saturated rings. The highest BCUT2D eigenvalue weighted by Crippen LogP contribution is 2.27. The molecular formula is C16H23ClN2O6S. The summed E-state index contributed by atoms with van der Waals surface area (Å²) in [6.45, 7) is 0.392. The maximum Gasteiger partial charge on any atom is 0.337 e. The van der Waals surface area contributed by atoms with Crippen molar-refractivity contribution in [2.75, 3.05) is 20.8 Å². The van der Waals surface area contributed by atoms with E-state index in [9.17, 15) is 18.0 Å². The number of nitrogens with two attached hydrogens (primary N) is 1. The molecular weight excluding hydrogens is 384 g/mol. The average molecular weight is 407 g/mol. The Morgan fingerprint density at radius 2 is 1.65 bits per heavy atom. The highest BCUT2D eigenvalue weighted by molar-refractivity contribution is 7.89. The molecule has 0 bridgehead atoms. The molecule has 0 saturated heterocycles. The van der Waals surface area contributed by atoms with Crippen molar-refractivity contribution in [1.82, 2.24) is 4.72 Å². The van der Waals surface area contributed by atoms with Crippen molar-refractivity contribution in [3.05, 3.63) is 29.3 Å². The van der Waals surface area contributed by atoms with Crippen LogP contribution in [0.5, 0.6) is 0 Å². The molecule has 1 aromatic carbocycles. The van der Waals surface area contributed by atoms with E-state index < -0.39 is 22.0 Å². The first-order valence-corrected chi connectivity index (χ1v) is 9.34. The maximum absolute atomic E-state index is 12.7. The number of benzene rings is 1. The lowest BCUT2D eigenvalue weighted by atomic mass is 10.1. The number of ether oxygens (including phenoxy) is 2. The molecule has 1 aliphatic rings. The molecule has 2 atom stereocenters. The topological polar surface area (TPSA) is 125 Å². The third-order valence-electron chi connectivity index (χ3n) is 4.33. The van der Waals surface area contributed by atoms with Gasteiger partial charge in [0.25, 0.3) is 0 Å². The Hall–Kier alpha value is -1.68. The summed E-state index contributed by atoms with van der Waals surface area (Å²) in [6.07, 6.45) is 2.45. The Kier molecular flexibility index (Phi) is 8.01. The fourth-order valence-corrected chi connectivity index (χ4v) is 4.38. The molecule has 0 amide bonds. The van der Waals surface area contributed by atoms with E-state index in [0.717, 1.165) is 12.8 Å². The lowest BCUT2D eigenvalue weighted by Crippen LogP contribution is -2.39. The monoisotopic (exact) mass is 406 g/mol. The van der Waals surface area contributed by atoms with E-state index in [1.54, 1.807) is 0 Å². The summed E-state index contributed by atoms with van der Waals surface area (Å²) in [5.41, 5.74) is 5.59. The summed E-state index contributed by atoms with van der Waals surface area (Å²) in [7, 11) is -1.60. The number of methoxy groups -OCH3 is 2. The van der Waals surface area contributed by atoms with Gasteiger partial charge in [-0.05, 0) is 43.5 Å². The fraction of sp³-hybridized carbons (Fsp3) is 0.500. The van der Waals surface area contributed by atoms with Crippen LogP contribution in [0.3, 0.4) is 0 Å². The van der Waals surface area contributed by atoms with E-state index in [4.69, 9.17) is 5.73 Å². The lowest BCUT2D eigenvalue weighted by Gasteiger charge is -2.19. The molecule has 26 heavy (non-hydrogen) atoms. The molecule has 1 aromatic rings. The van der Waals surface area contributed by atoms with Gasteiger partial charge in [-0.1, -0.05) is 6.42 Å². The minimum absolute atomic E-state index is 0. The number of rotatable bonds is 6. The summed E-state index contributed by atoms with van der Waals surface area (Å²) in [5.74, 6) is -1.43. The molecule has 0 aromatic heterocycles. The van der Waals surface area contributed by atoms with Crippen LogP contribution >= 0.6 is 12.4 Å². The molecule has 0 aliphatic heterocycles. The predicted octanol–water partition coefficient (Wildman–Crippen LogP) is 1.09. The fourth-order valence-electron chi connectivity index (χ4n) is 2.97. The number of esters is 2. The van der Waals surface area contributed by atoms with Gasteiger partial charge in [-0.3, -0.25) is 0 Å². The molecule has 0 heterocycles. The summed E-state index contributed by atoms with van der Waals surface area (Å²) in [4.78, 5) is 23.4. The predicted molar refractivity (Wildman–Crippen MR) is 96.9 cm³/mol. The number of sulfonamides is 1. The quantitative estimate of drug-likeness (QED) is 0.677. The van der Waals surface area contributed by atoms with Crippen molar-refractivity contribution < 1.29 is 27.5 Å². The Morgan fingerprint density at radius 1 is 1.12 bits per heavy atom. The van der Waals surface area contributed by atoms with Crippen LogP contribution in [0.25, 0.3) is 0 Å². The van der Waals surface area contributed by atoms with Gasteiger partial charge in [-0.25, -0.2) is 22.7 Å². The van der Waals surface area contributed by atoms with Crippen LogP contribution in [-0.4, -0.2) is 47.2 Å². The van der Waals surface area contributed by atoms with Gasteiger partial charge in [-0.15, -0.1) is 12.4 Å². The van der Waals surface area contributed by atoms with Crippen LogP contribution in [0.2, 0.25) is 0 Å². The Balaban J connectivity index is 0.00000338. The third kappa shape index (κ3) is 4.94. The van der Waals surface area contributed by atoms with Crippen molar-refractivity contribution in [1.29, 1.82) is 0 Å². The van der Waals surface area contributed by atoms with Crippen molar-refractivity contribution in [3.63, 3.8) is 0 Å². The van der Waals surface area contributed by atoms with Crippen molar-refractivity contribution >= 4 is 34.4 Å².